The molecule has 0 aliphatic heterocycles. The van der Waals surface area contributed by atoms with Crippen molar-refractivity contribution < 1.29 is 13.2 Å². The number of nitrogens with zero attached hydrogens (tertiary/aromatic N) is 2. The first-order valence-corrected chi connectivity index (χ1v) is 10.2. The predicted molar refractivity (Wildman–Crippen MR) is 113 cm³/mol. The van der Waals surface area contributed by atoms with Gasteiger partial charge in [0.15, 0.2) is 0 Å². The Kier molecular flexibility index (Phi) is 4.76. The summed E-state index contributed by atoms with van der Waals surface area (Å²) in [7, 11) is -3.81. The van der Waals surface area contributed by atoms with Crippen LogP contribution in [0.4, 0.5) is 11.4 Å². The van der Waals surface area contributed by atoms with Gasteiger partial charge in [-0.2, -0.15) is 0 Å². The summed E-state index contributed by atoms with van der Waals surface area (Å²) in [5, 5.41) is 2.77. The molecule has 9 nitrogen and oxygen atoms in total. The number of nitrogens with two attached hydrogens (primary N) is 1. The van der Waals surface area contributed by atoms with Gasteiger partial charge in [-0.15, -0.1) is 4.91 Å². The van der Waals surface area contributed by atoms with Crippen molar-refractivity contribution in [3.05, 3.63) is 77.2 Å². The second-order valence-electron chi connectivity index (χ2n) is 6.45. The number of sulfonamides is 1. The molecule has 1 amide bonds. The third-order valence-electron chi connectivity index (χ3n) is 4.43. The molecular weight excluding hydrogens is 406 g/mol. The van der Waals surface area contributed by atoms with Crippen LogP contribution >= 0.6 is 0 Å². The van der Waals surface area contributed by atoms with Gasteiger partial charge in [-0.05, 0) is 71.9 Å². The molecule has 0 radical (unpaired) electrons. The monoisotopic (exact) mass is 421 g/mol. The van der Waals surface area contributed by atoms with E-state index >= 15 is 0 Å². The van der Waals surface area contributed by atoms with Crippen molar-refractivity contribution in [2.75, 3.05) is 4.72 Å². The molecule has 0 saturated carbocycles. The third-order valence-corrected chi connectivity index (χ3v) is 5.83. The van der Waals surface area contributed by atoms with Crippen LogP contribution in [0, 0.1) is 4.91 Å². The number of benzene rings is 3. The summed E-state index contributed by atoms with van der Waals surface area (Å²) in [4.78, 5) is 29.4. The Morgan fingerprint density at radius 3 is 2.33 bits per heavy atom. The molecule has 1 heterocycles. The number of carbonyl (C=O) groups is 1. The minimum Gasteiger partial charge on any atom is -0.366 e. The number of anilines is 1. The van der Waals surface area contributed by atoms with Crippen LogP contribution in [0.25, 0.3) is 22.4 Å². The number of imidazole rings is 1. The Balaban J connectivity index is 1.59. The Morgan fingerprint density at radius 2 is 1.70 bits per heavy atom. The summed E-state index contributed by atoms with van der Waals surface area (Å²) in [5.41, 5.74) is 8.15. The fourth-order valence-corrected chi connectivity index (χ4v) is 3.95. The van der Waals surface area contributed by atoms with Gasteiger partial charge in [-0.25, -0.2) is 13.4 Å². The highest BCUT2D eigenvalue weighted by Gasteiger charge is 2.15. The highest BCUT2D eigenvalue weighted by Crippen LogP contribution is 2.24. The summed E-state index contributed by atoms with van der Waals surface area (Å²) in [6.07, 6.45) is 0. The van der Waals surface area contributed by atoms with Gasteiger partial charge in [0.05, 0.1) is 15.9 Å². The lowest BCUT2D eigenvalue weighted by atomic mass is 10.2. The van der Waals surface area contributed by atoms with Crippen molar-refractivity contribution >= 4 is 38.3 Å². The van der Waals surface area contributed by atoms with E-state index in [2.05, 4.69) is 19.9 Å². The molecule has 10 heteroatoms. The van der Waals surface area contributed by atoms with Crippen LogP contribution in [-0.2, 0) is 10.0 Å². The Bertz CT molecular complexity index is 1360. The number of primary amides is 1. The van der Waals surface area contributed by atoms with Crippen molar-refractivity contribution in [1.82, 2.24) is 9.97 Å². The molecule has 0 atom stereocenters. The third kappa shape index (κ3) is 3.76. The van der Waals surface area contributed by atoms with E-state index < -0.39 is 15.9 Å². The van der Waals surface area contributed by atoms with E-state index in [-0.39, 0.29) is 10.6 Å². The van der Waals surface area contributed by atoms with Crippen molar-refractivity contribution in [3.8, 4) is 11.4 Å². The average Bonchev–Trinajstić information content (AvgIpc) is 3.17. The number of nitroso groups, excluding NO2 is 1. The largest absolute Gasteiger partial charge is 0.366 e. The number of H-pyrrole nitrogens is 1. The lowest BCUT2D eigenvalue weighted by molar-refractivity contribution is 0.100. The molecule has 0 unspecified atom stereocenters. The maximum atomic E-state index is 12.6. The van der Waals surface area contributed by atoms with Crippen LogP contribution in [0.5, 0.6) is 0 Å². The Morgan fingerprint density at radius 1 is 1.00 bits per heavy atom. The number of nitrogens with one attached hydrogen (secondary N) is 2. The van der Waals surface area contributed by atoms with E-state index in [4.69, 9.17) is 5.73 Å². The van der Waals surface area contributed by atoms with E-state index in [1.165, 1.54) is 36.4 Å². The topological polar surface area (TPSA) is 147 Å². The first kappa shape index (κ1) is 19.3. The zero-order valence-electron chi connectivity index (χ0n) is 15.4. The second-order valence-corrected chi connectivity index (χ2v) is 8.13. The fraction of sp³-hybridized carbons (Fsp3) is 0. The van der Waals surface area contributed by atoms with E-state index in [9.17, 15) is 18.1 Å². The molecule has 4 N–H and O–H groups in total. The highest BCUT2D eigenvalue weighted by molar-refractivity contribution is 7.92. The highest BCUT2D eigenvalue weighted by atomic mass is 32.2. The summed E-state index contributed by atoms with van der Waals surface area (Å²) in [6, 6.07) is 16.8. The summed E-state index contributed by atoms with van der Waals surface area (Å²) in [6.45, 7) is 0. The average molecular weight is 421 g/mol. The number of hydrogen-bond acceptors (Lipinski definition) is 6. The zero-order chi connectivity index (χ0) is 21.3. The number of carbonyl (C=O) groups excluding carboxylic acids is 1. The molecule has 1 aromatic heterocycles. The Hall–Kier alpha value is -4.05. The number of rotatable bonds is 6. The normalized spacial score (nSPS) is 11.3. The molecule has 0 bridgehead atoms. The summed E-state index contributed by atoms with van der Waals surface area (Å²) >= 11 is 0. The maximum absolute atomic E-state index is 12.6. The van der Waals surface area contributed by atoms with Gasteiger partial charge >= 0.3 is 0 Å². The lowest BCUT2D eigenvalue weighted by Gasteiger charge is -2.08. The van der Waals surface area contributed by atoms with Crippen LogP contribution < -0.4 is 10.5 Å². The molecule has 3 aromatic carbocycles. The van der Waals surface area contributed by atoms with E-state index in [0.717, 1.165) is 0 Å². The molecule has 0 fully saturated rings. The van der Waals surface area contributed by atoms with Crippen molar-refractivity contribution in [3.63, 3.8) is 0 Å². The predicted octanol–water partition coefficient (Wildman–Crippen LogP) is 3.53. The number of amides is 1. The van der Waals surface area contributed by atoms with E-state index in [1.807, 2.05) is 0 Å². The van der Waals surface area contributed by atoms with Crippen LogP contribution in [0.15, 0.2) is 76.8 Å². The van der Waals surface area contributed by atoms with Gasteiger partial charge in [0, 0.05) is 16.8 Å². The van der Waals surface area contributed by atoms with Gasteiger partial charge in [0.25, 0.3) is 10.0 Å². The standard InChI is InChI=1S/C20H15N5O4S/c21-19(26)13-3-10-17-18(11-13)23-20(22-17)12-1-8-16(9-2-12)30(28,29)25-15-6-4-14(24-27)5-7-15/h1-11,25H,(H2,21,26)(H,22,23). The van der Waals surface area contributed by atoms with E-state index in [1.54, 1.807) is 30.3 Å². The van der Waals surface area contributed by atoms with Crippen molar-refractivity contribution in [2.45, 2.75) is 4.90 Å². The van der Waals surface area contributed by atoms with Gasteiger partial charge in [-0.1, -0.05) is 0 Å². The molecular formula is C20H15N5O4S. The fourth-order valence-electron chi connectivity index (χ4n) is 2.90. The Labute approximate surface area is 171 Å². The lowest BCUT2D eigenvalue weighted by Crippen LogP contribution is -2.12. The molecule has 150 valence electrons. The number of hydrogen-bond donors (Lipinski definition) is 3. The van der Waals surface area contributed by atoms with Crippen LogP contribution in [0.3, 0.4) is 0 Å². The molecule has 4 rings (SSSR count). The van der Waals surface area contributed by atoms with Crippen LogP contribution in [0.2, 0.25) is 0 Å². The molecule has 0 aliphatic carbocycles. The minimum atomic E-state index is -3.81. The van der Waals surface area contributed by atoms with Crippen LogP contribution in [0.1, 0.15) is 10.4 Å². The summed E-state index contributed by atoms with van der Waals surface area (Å²) in [5.74, 6) is -0.00680. The first-order valence-electron chi connectivity index (χ1n) is 8.72. The molecule has 0 spiro atoms. The first-order chi connectivity index (χ1) is 14.4. The minimum absolute atomic E-state index is 0.0657. The van der Waals surface area contributed by atoms with Gasteiger partial charge in [-0.3, -0.25) is 9.52 Å². The number of aromatic nitrogens is 2. The quantitative estimate of drug-likeness (QED) is 0.407. The smallest absolute Gasteiger partial charge is 0.261 e. The van der Waals surface area contributed by atoms with Gasteiger partial charge in [0.1, 0.15) is 11.5 Å². The van der Waals surface area contributed by atoms with Gasteiger partial charge in [0.2, 0.25) is 5.91 Å². The van der Waals surface area contributed by atoms with E-state index in [0.29, 0.717) is 33.7 Å². The zero-order valence-corrected chi connectivity index (χ0v) is 16.2. The SMILES string of the molecule is NC(=O)c1ccc2nc(-c3ccc(S(=O)(=O)Nc4ccc(N=O)cc4)cc3)[nH]c2c1. The number of fused-ring (bicyclic) bond motifs is 1. The van der Waals surface area contributed by atoms with Crippen LogP contribution in [-0.4, -0.2) is 24.3 Å². The molecule has 30 heavy (non-hydrogen) atoms. The summed E-state index contributed by atoms with van der Waals surface area (Å²) < 4.78 is 27.6. The number of aromatic amines is 1. The second kappa shape index (κ2) is 7.41. The van der Waals surface area contributed by atoms with Gasteiger partial charge < -0.3 is 10.7 Å². The van der Waals surface area contributed by atoms with Crippen molar-refractivity contribution in [2.24, 2.45) is 10.9 Å². The molecule has 0 aliphatic rings. The molecule has 4 aromatic rings. The molecule has 0 saturated heterocycles. The van der Waals surface area contributed by atoms with Crippen molar-refractivity contribution in [1.29, 1.82) is 0 Å². The maximum Gasteiger partial charge on any atom is 0.261 e.